The van der Waals surface area contributed by atoms with Crippen molar-refractivity contribution in [3.05, 3.63) is 11.5 Å². The lowest BCUT2D eigenvalue weighted by Crippen LogP contribution is -2.53. The highest BCUT2D eigenvalue weighted by Gasteiger charge is 2.46. The number of nitrogens with one attached hydrogen (secondary N) is 1. The lowest BCUT2D eigenvalue weighted by Gasteiger charge is -2.28. The van der Waals surface area contributed by atoms with E-state index in [2.05, 4.69) is 10.3 Å². The van der Waals surface area contributed by atoms with Crippen molar-refractivity contribution in [1.82, 2.24) is 10.3 Å². The molecule has 2 unspecified atom stereocenters. The molecule has 20 heavy (non-hydrogen) atoms. The predicted molar refractivity (Wildman–Crippen MR) is 78.1 cm³/mol. The first kappa shape index (κ1) is 15.4. The van der Waals surface area contributed by atoms with Crippen LogP contribution in [0, 0.1) is 13.8 Å². The Kier molecular flexibility index (Phi) is 4.44. The van der Waals surface area contributed by atoms with Gasteiger partial charge in [-0.2, -0.15) is 0 Å². The molecule has 5 nitrogen and oxygen atoms in total. The molecule has 0 aliphatic heterocycles. The SMILES string of the molecule is Cc1nc(SC2CCC(NC(C)C)(C(=O)O)C2)oc1C. The molecule has 1 aromatic heterocycles. The van der Waals surface area contributed by atoms with E-state index in [0.717, 1.165) is 17.9 Å². The maximum absolute atomic E-state index is 11.6. The number of aromatic nitrogens is 1. The van der Waals surface area contributed by atoms with Gasteiger partial charge in [0.15, 0.2) is 0 Å². The highest BCUT2D eigenvalue weighted by molar-refractivity contribution is 7.99. The first-order valence-electron chi connectivity index (χ1n) is 6.94. The number of thioether (sulfide) groups is 1. The van der Waals surface area contributed by atoms with Gasteiger partial charge in [0, 0.05) is 11.3 Å². The van der Waals surface area contributed by atoms with Crippen LogP contribution < -0.4 is 5.32 Å². The summed E-state index contributed by atoms with van der Waals surface area (Å²) in [6.45, 7) is 7.76. The minimum absolute atomic E-state index is 0.154. The van der Waals surface area contributed by atoms with Gasteiger partial charge in [-0.15, -0.1) is 0 Å². The van der Waals surface area contributed by atoms with Crippen LogP contribution in [0.5, 0.6) is 0 Å². The second-order valence-electron chi connectivity index (χ2n) is 5.79. The Hall–Kier alpha value is -1.01. The smallest absolute Gasteiger partial charge is 0.323 e. The van der Waals surface area contributed by atoms with E-state index in [-0.39, 0.29) is 11.3 Å². The Labute approximate surface area is 123 Å². The molecule has 1 fully saturated rings. The van der Waals surface area contributed by atoms with Crippen LogP contribution in [-0.2, 0) is 4.79 Å². The maximum atomic E-state index is 11.6. The molecule has 0 saturated heterocycles. The number of oxazole rings is 1. The monoisotopic (exact) mass is 298 g/mol. The molecule has 0 aromatic carbocycles. The van der Waals surface area contributed by atoms with Crippen LogP contribution in [0.2, 0.25) is 0 Å². The average molecular weight is 298 g/mol. The van der Waals surface area contributed by atoms with Gasteiger partial charge in [0.2, 0.25) is 0 Å². The summed E-state index contributed by atoms with van der Waals surface area (Å²) in [5.41, 5.74) is 0.0954. The molecular formula is C14H22N2O3S. The Morgan fingerprint density at radius 3 is 2.75 bits per heavy atom. The van der Waals surface area contributed by atoms with Gasteiger partial charge in [-0.1, -0.05) is 11.8 Å². The molecule has 2 rings (SSSR count). The van der Waals surface area contributed by atoms with Crippen molar-refractivity contribution in [1.29, 1.82) is 0 Å². The van der Waals surface area contributed by atoms with E-state index in [1.807, 2.05) is 27.7 Å². The van der Waals surface area contributed by atoms with Crippen LogP contribution in [0.3, 0.4) is 0 Å². The number of carboxylic acids is 1. The van der Waals surface area contributed by atoms with Crippen LogP contribution in [-0.4, -0.2) is 32.9 Å². The van der Waals surface area contributed by atoms with Crippen LogP contribution in [0.1, 0.15) is 44.6 Å². The molecule has 1 saturated carbocycles. The van der Waals surface area contributed by atoms with Crippen molar-refractivity contribution < 1.29 is 14.3 Å². The van der Waals surface area contributed by atoms with E-state index in [1.165, 1.54) is 0 Å². The molecule has 6 heteroatoms. The fourth-order valence-electron chi connectivity index (χ4n) is 2.68. The second kappa shape index (κ2) is 5.77. The Morgan fingerprint density at radius 2 is 2.25 bits per heavy atom. The van der Waals surface area contributed by atoms with Gasteiger partial charge < -0.3 is 9.52 Å². The molecule has 112 valence electrons. The van der Waals surface area contributed by atoms with E-state index in [0.29, 0.717) is 18.1 Å². The van der Waals surface area contributed by atoms with Crippen molar-refractivity contribution in [3.63, 3.8) is 0 Å². The summed E-state index contributed by atoms with van der Waals surface area (Å²) in [5.74, 6) is 0.0735. The van der Waals surface area contributed by atoms with Crippen LogP contribution in [0.4, 0.5) is 0 Å². The summed E-state index contributed by atoms with van der Waals surface area (Å²) in [6, 6.07) is 0.154. The fourth-order valence-corrected chi connectivity index (χ4v) is 3.93. The standard InChI is InChI=1S/C14H22N2O3S/c1-8(2)16-14(12(17)18)6-5-11(7-14)20-13-15-9(3)10(4)19-13/h8,11,16H,5-7H2,1-4H3,(H,17,18). The summed E-state index contributed by atoms with van der Waals surface area (Å²) in [6.07, 6.45) is 2.11. The first-order chi connectivity index (χ1) is 9.32. The largest absolute Gasteiger partial charge is 0.480 e. The summed E-state index contributed by atoms with van der Waals surface area (Å²) in [7, 11) is 0. The third kappa shape index (κ3) is 3.17. The molecule has 2 atom stereocenters. The van der Waals surface area contributed by atoms with Gasteiger partial charge in [0.05, 0.1) is 5.69 Å². The summed E-state index contributed by atoms with van der Waals surface area (Å²) >= 11 is 1.55. The molecule has 2 N–H and O–H groups in total. The number of hydrogen-bond donors (Lipinski definition) is 2. The predicted octanol–water partition coefficient (Wildman–Crippen LogP) is 2.76. The fraction of sp³-hybridized carbons (Fsp3) is 0.714. The zero-order chi connectivity index (χ0) is 14.9. The van der Waals surface area contributed by atoms with E-state index in [9.17, 15) is 9.90 Å². The third-order valence-electron chi connectivity index (χ3n) is 3.72. The number of aryl methyl sites for hydroxylation is 2. The van der Waals surface area contributed by atoms with Gasteiger partial charge >= 0.3 is 5.97 Å². The number of rotatable bonds is 5. The second-order valence-corrected chi connectivity index (χ2v) is 7.04. The zero-order valence-corrected chi connectivity index (χ0v) is 13.2. The minimum Gasteiger partial charge on any atom is -0.480 e. The lowest BCUT2D eigenvalue weighted by molar-refractivity contribution is -0.145. The van der Waals surface area contributed by atoms with Gasteiger partial charge in [-0.25, -0.2) is 4.98 Å². The van der Waals surface area contributed by atoms with E-state index in [1.54, 1.807) is 11.8 Å². The van der Waals surface area contributed by atoms with Crippen LogP contribution in [0.15, 0.2) is 9.64 Å². The summed E-state index contributed by atoms with van der Waals surface area (Å²) < 4.78 is 5.57. The van der Waals surface area contributed by atoms with E-state index >= 15 is 0 Å². The number of aliphatic carboxylic acids is 1. The average Bonchev–Trinajstić information content (AvgIpc) is 2.85. The summed E-state index contributed by atoms with van der Waals surface area (Å²) in [4.78, 5) is 16.0. The topological polar surface area (TPSA) is 75.4 Å². The van der Waals surface area contributed by atoms with Gasteiger partial charge in [-0.05, 0) is 47.0 Å². The number of carboxylic acid groups (broad SMARTS) is 1. The minimum atomic E-state index is -0.803. The van der Waals surface area contributed by atoms with Crippen molar-refractivity contribution >= 4 is 17.7 Å². The quantitative estimate of drug-likeness (QED) is 0.870. The molecule has 1 heterocycles. The Bertz CT molecular complexity index is 481. The van der Waals surface area contributed by atoms with Crippen molar-refractivity contribution in [2.24, 2.45) is 0 Å². The van der Waals surface area contributed by atoms with Crippen LogP contribution >= 0.6 is 11.8 Å². The van der Waals surface area contributed by atoms with Crippen LogP contribution in [0.25, 0.3) is 0 Å². The third-order valence-corrected chi connectivity index (χ3v) is 4.83. The molecular weight excluding hydrogens is 276 g/mol. The van der Waals surface area contributed by atoms with Gasteiger partial charge in [0.25, 0.3) is 5.22 Å². The molecule has 0 amide bonds. The van der Waals surface area contributed by atoms with Gasteiger partial charge in [-0.3, -0.25) is 10.1 Å². The Balaban J connectivity index is 2.04. The normalized spacial score (nSPS) is 26.4. The molecule has 1 aromatic rings. The zero-order valence-electron chi connectivity index (χ0n) is 12.4. The van der Waals surface area contributed by atoms with Crippen molar-refractivity contribution in [3.8, 4) is 0 Å². The first-order valence-corrected chi connectivity index (χ1v) is 7.82. The van der Waals surface area contributed by atoms with E-state index in [4.69, 9.17) is 4.42 Å². The Morgan fingerprint density at radius 1 is 1.55 bits per heavy atom. The molecule has 1 aliphatic carbocycles. The molecule has 0 bridgehead atoms. The highest BCUT2D eigenvalue weighted by Crippen LogP contribution is 2.40. The number of hydrogen-bond acceptors (Lipinski definition) is 5. The summed E-state index contributed by atoms with van der Waals surface area (Å²) in [5, 5.41) is 13.6. The van der Waals surface area contributed by atoms with Crippen molar-refractivity contribution in [2.75, 3.05) is 0 Å². The molecule has 1 aliphatic rings. The number of carbonyl (C=O) groups is 1. The lowest BCUT2D eigenvalue weighted by atomic mass is 9.97. The number of nitrogens with zero attached hydrogens (tertiary/aromatic N) is 1. The van der Waals surface area contributed by atoms with Crippen molar-refractivity contribution in [2.45, 2.75) is 69.0 Å². The van der Waals surface area contributed by atoms with Gasteiger partial charge in [0.1, 0.15) is 11.3 Å². The van der Waals surface area contributed by atoms with E-state index < -0.39 is 11.5 Å². The highest BCUT2D eigenvalue weighted by atomic mass is 32.2. The molecule has 0 radical (unpaired) electrons. The maximum Gasteiger partial charge on any atom is 0.323 e. The molecule has 0 spiro atoms.